The van der Waals surface area contributed by atoms with Crippen molar-refractivity contribution >= 4 is 33.2 Å². The van der Waals surface area contributed by atoms with Crippen molar-refractivity contribution in [3.05, 3.63) is 34.0 Å². The first-order valence-electron chi connectivity index (χ1n) is 8.41. The van der Waals surface area contributed by atoms with Gasteiger partial charge in [-0.25, -0.2) is 0 Å². The molecule has 0 atom stereocenters. The number of rotatable bonds is 8. The van der Waals surface area contributed by atoms with E-state index in [1.807, 2.05) is 11.4 Å². The average Bonchev–Trinajstić information content (AvgIpc) is 3.01. The Morgan fingerprint density at radius 1 is 1.42 bits per heavy atom. The first kappa shape index (κ1) is 17.3. The van der Waals surface area contributed by atoms with E-state index in [-0.39, 0.29) is 5.91 Å². The number of thiophene rings is 1. The standard InChI is InChI=1S/C16H17BrN6O2S/c17-10-7-12(26-8-10)16-20-15(25-22-16)4-3-14(24)18-6-5-13-21-19-9-23(13)11-1-2-11/h7-9,11H,1-6H2,(H,18,24). The summed E-state index contributed by atoms with van der Waals surface area (Å²) in [5.74, 6) is 1.90. The highest BCUT2D eigenvalue weighted by atomic mass is 79.9. The lowest BCUT2D eigenvalue weighted by atomic mass is 10.3. The van der Waals surface area contributed by atoms with Gasteiger partial charge in [0.25, 0.3) is 0 Å². The van der Waals surface area contributed by atoms with Crippen molar-refractivity contribution in [2.75, 3.05) is 6.54 Å². The van der Waals surface area contributed by atoms with Crippen molar-refractivity contribution in [1.29, 1.82) is 0 Å². The average molecular weight is 437 g/mol. The number of hydrogen-bond donors (Lipinski definition) is 1. The normalized spacial score (nSPS) is 13.9. The SMILES string of the molecule is O=C(CCc1nc(-c2cc(Br)cs2)no1)NCCc1nncn1C1CC1. The van der Waals surface area contributed by atoms with Crippen molar-refractivity contribution in [1.82, 2.24) is 30.2 Å². The maximum absolute atomic E-state index is 12.0. The van der Waals surface area contributed by atoms with Crippen molar-refractivity contribution in [3.8, 4) is 10.7 Å². The Morgan fingerprint density at radius 3 is 3.08 bits per heavy atom. The third-order valence-electron chi connectivity index (χ3n) is 4.08. The van der Waals surface area contributed by atoms with Gasteiger partial charge in [0.2, 0.25) is 17.6 Å². The number of hydrogen-bond acceptors (Lipinski definition) is 7. The van der Waals surface area contributed by atoms with Crippen molar-refractivity contribution in [2.45, 2.75) is 38.1 Å². The molecule has 3 heterocycles. The molecule has 136 valence electrons. The summed E-state index contributed by atoms with van der Waals surface area (Å²) < 4.78 is 8.31. The fraction of sp³-hybridized carbons (Fsp3) is 0.438. The van der Waals surface area contributed by atoms with E-state index in [2.05, 4.69) is 46.2 Å². The molecule has 0 spiro atoms. The lowest BCUT2D eigenvalue weighted by Gasteiger charge is -2.06. The predicted octanol–water partition coefficient (Wildman–Crippen LogP) is 2.78. The van der Waals surface area contributed by atoms with Gasteiger partial charge >= 0.3 is 0 Å². The molecule has 0 aromatic carbocycles. The van der Waals surface area contributed by atoms with Gasteiger partial charge in [-0.2, -0.15) is 4.98 Å². The summed E-state index contributed by atoms with van der Waals surface area (Å²) in [5, 5.41) is 16.9. The minimum atomic E-state index is -0.0406. The molecule has 0 unspecified atom stereocenters. The molecule has 0 aliphatic heterocycles. The van der Waals surface area contributed by atoms with Crippen LogP contribution in [-0.2, 0) is 17.6 Å². The number of halogens is 1. The smallest absolute Gasteiger partial charge is 0.227 e. The predicted molar refractivity (Wildman–Crippen MR) is 98.6 cm³/mol. The Morgan fingerprint density at radius 2 is 2.31 bits per heavy atom. The first-order chi connectivity index (χ1) is 12.7. The van der Waals surface area contributed by atoms with E-state index in [9.17, 15) is 4.79 Å². The number of nitrogens with zero attached hydrogens (tertiary/aromatic N) is 5. The van der Waals surface area contributed by atoms with Gasteiger partial charge in [0, 0.05) is 41.7 Å². The van der Waals surface area contributed by atoms with Gasteiger partial charge < -0.3 is 14.4 Å². The summed E-state index contributed by atoms with van der Waals surface area (Å²) in [6.45, 7) is 0.544. The molecular formula is C16H17BrN6O2S. The van der Waals surface area contributed by atoms with Gasteiger partial charge in [0.05, 0.1) is 4.88 Å². The summed E-state index contributed by atoms with van der Waals surface area (Å²) in [4.78, 5) is 17.3. The molecule has 1 saturated carbocycles. The number of carbonyl (C=O) groups excluding carboxylic acids is 1. The van der Waals surface area contributed by atoms with Gasteiger partial charge in [-0.05, 0) is 34.8 Å². The van der Waals surface area contributed by atoms with E-state index in [1.165, 1.54) is 24.2 Å². The van der Waals surface area contributed by atoms with Gasteiger partial charge in [-0.3, -0.25) is 4.79 Å². The van der Waals surface area contributed by atoms with Crippen molar-refractivity contribution in [2.24, 2.45) is 0 Å². The monoisotopic (exact) mass is 436 g/mol. The van der Waals surface area contributed by atoms with Crippen LogP contribution in [-0.4, -0.2) is 37.4 Å². The van der Waals surface area contributed by atoms with Crippen LogP contribution in [0, 0.1) is 0 Å². The molecule has 1 amide bonds. The second kappa shape index (κ2) is 7.67. The Bertz CT molecular complexity index is 900. The van der Waals surface area contributed by atoms with Crippen LogP contribution in [0.2, 0.25) is 0 Å². The van der Waals surface area contributed by atoms with Crippen LogP contribution in [0.1, 0.15) is 37.0 Å². The van der Waals surface area contributed by atoms with Gasteiger partial charge in [-0.1, -0.05) is 5.16 Å². The van der Waals surface area contributed by atoms with Crippen LogP contribution in [0.5, 0.6) is 0 Å². The first-order valence-corrected chi connectivity index (χ1v) is 10.1. The van der Waals surface area contributed by atoms with Crippen LogP contribution >= 0.6 is 27.3 Å². The maximum Gasteiger partial charge on any atom is 0.227 e. The van der Waals surface area contributed by atoms with E-state index in [0.717, 1.165) is 15.2 Å². The van der Waals surface area contributed by atoms with Crippen molar-refractivity contribution in [3.63, 3.8) is 0 Å². The van der Waals surface area contributed by atoms with Gasteiger partial charge in [0.1, 0.15) is 12.2 Å². The Hall–Kier alpha value is -2.07. The molecule has 3 aromatic rings. The minimum absolute atomic E-state index is 0.0406. The zero-order valence-electron chi connectivity index (χ0n) is 13.9. The molecule has 1 aliphatic carbocycles. The molecule has 0 bridgehead atoms. The van der Waals surface area contributed by atoms with Crippen molar-refractivity contribution < 1.29 is 9.32 Å². The van der Waals surface area contributed by atoms with Crippen LogP contribution < -0.4 is 5.32 Å². The second-order valence-corrected chi connectivity index (χ2v) is 7.95. The molecule has 0 radical (unpaired) electrons. The quantitative estimate of drug-likeness (QED) is 0.582. The Balaban J connectivity index is 1.21. The zero-order valence-corrected chi connectivity index (χ0v) is 16.3. The number of nitrogens with one attached hydrogen (secondary N) is 1. The third-order valence-corrected chi connectivity index (χ3v) is 5.77. The third kappa shape index (κ3) is 4.18. The highest BCUT2D eigenvalue weighted by Gasteiger charge is 2.25. The largest absolute Gasteiger partial charge is 0.356 e. The summed E-state index contributed by atoms with van der Waals surface area (Å²) in [6, 6.07) is 2.48. The lowest BCUT2D eigenvalue weighted by molar-refractivity contribution is -0.121. The Kier molecular flexibility index (Phi) is 5.11. The number of aryl methyl sites for hydroxylation is 1. The van der Waals surface area contributed by atoms with Crippen LogP contribution in [0.3, 0.4) is 0 Å². The highest BCUT2D eigenvalue weighted by Crippen LogP contribution is 2.35. The highest BCUT2D eigenvalue weighted by molar-refractivity contribution is 9.10. The van der Waals surface area contributed by atoms with E-state index < -0.39 is 0 Å². The molecule has 1 N–H and O–H groups in total. The Labute approximate surface area is 162 Å². The fourth-order valence-corrected chi connectivity index (χ4v) is 3.96. The molecule has 1 aliphatic rings. The second-order valence-electron chi connectivity index (χ2n) is 6.13. The summed E-state index contributed by atoms with van der Waals surface area (Å²) in [6.07, 6.45) is 5.56. The van der Waals surface area contributed by atoms with Gasteiger partial charge in [-0.15, -0.1) is 21.5 Å². The molecule has 26 heavy (non-hydrogen) atoms. The summed E-state index contributed by atoms with van der Waals surface area (Å²) in [7, 11) is 0. The lowest BCUT2D eigenvalue weighted by Crippen LogP contribution is -2.26. The topological polar surface area (TPSA) is 98.7 Å². The molecule has 3 aromatic heterocycles. The number of amides is 1. The molecule has 0 saturated heterocycles. The van der Waals surface area contributed by atoms with Crippen LogP contribution in [0.15, 0.2) is 26.8 Å². The van der Waals surface area contributed by atoms with Crippen LogP contribution in [0.4, 0.5) is 0 Å². The molecule has 4 rings (SSSR count). The molecule has 10 heteroatoms. The molecule has 8 nitrogen and oxygen atoms in total. The fourth-order valence-electron chi connectivity index (χ4n) is 2.61. The molecule has 1 fully saturated rings. The maximum atomic E-state index is 12.0. The minimum Gasteiger partial charge on any atom is -0.356 e. The number of carbonyl (C=O) groups is 1. The number of aromatic nitrogens is 5. The van der Waals surface area contributed by atoms with E-state index in [0.29, 0.717) is 43.6 Å². The summed E-state index contributed by atoms with van der Waals surface area (Å²) >= 11 is 4.93. The van der Waals surface area contributed by atoms with Gasteiger partial charge in [0.15, 0.2) is 0 Å². The van der Waals surface area contributed by atoms with Crippen LogP contribution in [0.25, 0.3) is 10.7 Å². The van der Waals surface area contributed by atoms with E-state index in [1.54, 1.807) is 6.33 Å². The van der Waals surface area contributed by atoms with E-state index >= 15 is 0 Å². The van der Waals surface area contributed by atoms with E-state index in [4.69, 9.17) is 4.52 Å². The summed E-state index contributed by atoms with van der Waals surface area (Å²) in [5.41, 5.74) is 0. The zero-order chi connectivity index (χ0) is 17.9. The molecular weight excluding hydrogens is 420 g/mol.